The third kappa shape index (κ3) is 2.12. The van der Waals surface area contributed by atoms with E-state index in [-0.39, 0.29) is 18.1 Å². The molecule has 0 bridgehead atoms. The molecule has 2 aromatic rings. The van der Waals surface area contributed by atoms with Crippen molar-refractivity contribution in [3.05, 3.63) is 70.8 Å². The van der Waals surface area contributed by atoms with E-state index in [9.17, 15) is 14.4 Å². The summed E-state index contributed by atoms with van der Waals surface area (Å²) in [6.45, 7) is 0. The average molecular weight is 265 g/mol. The summed E-state index contributed by atoms with van der Waals surface area (Å²) < 4.78 is 0. The third-order valence-electron chi connectivity index (χ3n) is 3.26. The summed E-state index contributed by atoms with van der Waals surface area (Å²) in [4.78, 5) is 35.1. The lowest BCUT2D eigenvalue weighted by atomic mass is 9.99. The molecule has 0 radical (unpaired) electrons. The molecule has 2 amide bonds. The van der Waals surface area contributed by atoms with E-state index in [2.05, 4.69) is 5.32 Å². The first-order chi connectivity index (χ1) is 9.65. The Balaban J connectivity index is 1.86. The molecule has 1 aliphatic rings. The van der Waals surface area contributed by atoms with Gasteiger partial charge in [0.15, 0.2) is 5.78 Å². The molecule has 0 saturated carbocycles. The highest BCUT2D eigenvalue weighted by molar-refractivity contribution is 6.21. The number of nitrogens with one attached hydrogen (secondary N) is 1. The largest absolute Gasteiger partial charge is 0.294 e. The third-order valence-corrected chi connectivity index (χ3v) is 3.26. The Morgan fingerprint density at radius 1 is 0.900 bits per heavy atom. The number of rotatable bonds is 3. The summed E-state index contributed by atoms with van der Waals surface area (Å²) in [5, 5.41) is 2.23. The lowest BCUT2D eigenvalue weighted by Gasteiger charge is -2.03. The predicted molar refractivity (Wildman–Crippen MR) is 72.7 cm³/mol. The van der Waals surface area contributed by atoms with Gasteiger partial charge in [0.1, 0.15) is 0 Å². The lowest BCUT2D eigenvalue weighted by Crippen LogP contribution is -2.19. The highest BCUT2D eigenvalue weighted by Crippen LogP contribution is 2.18. The van der Waals surface area contributed by atoms with Crippen LogP contribution in [0, 0.1) is 0 Å². The van der Waals surface area contributed by atoms with Gasteiger partial charge in [-0.05, 0) is 17.7 Å². The van der Waals surface area contributed by atoms with E-state index in [4.69, 9.17) is 0 Å². The van der Waals surface area contributed by atoms with Crippen LogP contribution in [-0.4, -0.2) is 17.6 Å². The topological polar surface area (TPSA) is 63.2 Å². The van der Waals surface area contributed by atoms with E-state index >= 15 is 0 Å². The molecule has 0 aromatic heterocycles. The normalized spacial score (nSPS) is 13.0. The van der Waals surface area contributed by atoms with Gasteiger partial charge < -0.3 is 0 Å². The Bertz CT molecular complexity index is 720. The molecule has 0 aliphatic carbocycles. The van der Waals surface area contributed by atoms with Crippen LogP contribution >= 0.6 is 0 Å². The molecule has 0 saturated heterocycles. The molecule has 4 heteroatoms. The van der Waals surface area contributed by atoms with Gasteiger partial charge in [0.2, 0.25) is 0 Å². The van der Waals surface area contributed by atoms with Crippen molar-refractivity contribution in [3.8, 4) is 0 Å². The van der Waals surface area contributed by atoms with Crippen LogP contribution in [0.25, 0.3) is 0 Å². The van der Waals surface area contributed by atoms with Crippen molar-refractivity contribution in [2.24, 2.45) is 0 Å². The summed E-state index contributed by atoms with van der Waals surface area (Å²) >= 11 is 0. The Labute approximate surface area is 115 Å². The number of Topliss-reactive ketones (excluding diaryl/α,β-unsaturated/α-hetero) is 1. The van der Waals surface area contributed by atoms with Crippen LogP contribution in [0.5, 0.6) is 0 Å². The minimum Gasteiger partial charge on any atom is -0.294 e. The molecule has 1 aliphatic heterocycles. The molecule has 4 nitrogen and oxygen atoms in total. The minimum atomic E-state index is -0.404. The summed E-state index contributed by atoms with van der Waals surface area (Å²) in [6.07, 6.45) is 0.207. The minimum absolute atomic E-state index is 0.0183. The smallest absolute Gasteiger partial charge is 0.258 e. The Morgan fingerprint density at radius 3 is 2.35 bits per heavy atom. The number of hydrogen-bond acceptors (Lipinski definition) is 3. The van der Waals surface area contributed by atoms with Crippen molar-refractivity contribution in [1.29, 1.82) is 0 Å². The number of amides is 2. The fraction of sp³-hybridized carbons (Fsp3) is 0.0625. The van der Waals surface area contributed by atoms with Gasteiger partial charge in [-0.2, -0.15) is 0 Å². The molecule has 0 fully saturated rings. The molecule has 20 heavy (non-hydrogen) atoms. The van der Waals surface area contributed by atoms with Crippen LogP contribution in [0.4, 0.5) is 0 Å². The van der Waals surface area contributed by atoms with Gasteiger partial charge >= 0.3 is 0 Å². The van der Waals surface area contributed by atoms with Gasteiger partial charge in [0, 0.05) is 12.0 Å². The number of imide groups is 1. The first kappa shape index (κ1) is 12.3. The zero-order chi connectivity index (χ0) is 14.1. The quantitative estimate of drug-likeness (QED) is 0.682. The number of benzene rings is 2. The number of carbonyl (C=O) groups excluding carboxylic acids is 3. The molecule has 1 heterocycles. The van der Waals surface area contributed by atoms with Crippen molar-refractivity contribution in [2.45, 2.75) is 6.42 Å². The lowest BCUT2D eigenvalue weighted by molar-refractivity contribution is 0.0878. The van der Waals surface area contributed by atoms with Gasteiger partial charge in [0.25, 0.3) is 11.8 Å². The van der Waals surface area contributed by atoms with Crippen molar-refractivity contribution < 1.29 is 14.4 Å². The number of carbonyl (C=O) groups is 3. The van der Waals surface area contributed by atoms with Crippen LogP contribution < -0.4 is 5.32 Å². The van der Waals surface area contributed by atoms with Crippen molar-refractivity contribution in [3.63, 3.8) is 0 Å². The maximum atomic E-state index is 12.1. The van der Waals surface area contributed by atoms with Crippen LogP contribution in [0.3, 0.4) is 0 Å². The van der Waals surface area contributed by atoms with E-state index in [1.165, 1.54) is 0 Å². The van der Waals surface area contributed by atoms with Crippen LogP contribution in [-0.2, 0) is 6.42 Å². The highest BCUT2D eigenvalue weighted by Gasteiger charge is 2.26. The fourth-order valence-electron chi connectivity index (χ4n) is 2.24. The van der Waals surface area contributed by atoms with E-state index in [0.717, 1.165) is 5.56 Å². The average Bonchev–Trinajstić information content (AvgIpc) is 2.75. The zero-order valence-electron chi connectivity index (χ0n) is 10.6. The van der Waals surface area contributed by atoms with E-state index in [1.807, 2.05) is 18.2 Å². The standard InChI is InChI=1S/C16H11NO3/c18-14(11-4-2-1-3-5-11)9-10-6-7-12-13(8-10)16(20)17-15(12)19/h1-8H,9H2,(H,17,19,20). The van der Waals surface area contributed by atoms with Crippen LogP contribution in [0.2, 0.25) is 0 Å². The Kier molecular flexibility index (Phi) is 2.91. The fourth-order valence-corrected chi connectivity index (χ4v) is 2.24. The molecule has 0 unspecified atom stereocenters. The highest BCUT2D eigenvalue weighted by atomic mass is 16.2. The molecule has 2 aromatic carbocycles. The maximum absolute atomic E-state index is 12.1. The monoisotopic (exact) mass is 265 g/mol. The van der Waals surface area contributed by atoms with E-state index in [1.54, 1.807) is 30.3 Å². The van der Waals surface area contributed by atoms with Gasteiger partial charge in [-0.25, -0.2) is 0 Å². The Hall–Kier alpha value is -2.75. The summed E-state index contributed by atoms with van der Waals surface area (Å²) in [7, 11) is 0. The Morgan fingerprint density at radius 2 is 1.60 bits per heavy atom. The SMILES string of the molecule is O=C(Cc1ccc2c(c1)C(=O)NC2=O)c1ccccc1. The molecular formula is C16H11NO3. The number of ketones is 1. The van der Waals surface area contributed by atoms with E-state index in [0.29, 0.717) is 16.7 Å². The van der Waals surface area contributed by atoms with Crippen LogP contribution in [0.1, 0.15) is 36.6 Å². The van der Waals surface area contributed by atoms with E-state index < -0.39 is 5.91 Å². The van der Waals surface area contributed by atoms with Gasteiger partial charge in [0.05, 0.1) is 11.1 Å². The predicted octanol–water partition coefficient (Wildman–Crippen LogP) is 2.00. The summed E-state index contributed by atoms with van der Waals surface area (Å²) in [5.41, 5.74) is 2.07. The molecule has 98 valence electrons. The summed E-state index contributed by atoms with van der Waals surface area (Å²) in [5.74, 6) is -0.805. The van der Waals surface area contributed by atoms with Crippen molar-refractivity contribution in [1.82, 2.24) is 5.32 Å². The molecule has 0 atom stereocenters. The van der Waals surface area contributed by atoms with Crippen LogP contribution in [0.15, 0.2) is 48.5 Å². The number of fused-ring (bicyclic) bond motifs is 1. The van der Waals surface area contributed by atoms with Gasteiger partial charge in [-0.3, -0.25) is 19.7 Å². The van der Waals surface area contributed by atoms with Crippen molar-refractivity contribution in [2.75, 3.05) is 0 Å². The first-order valence-corrected chi connectivity index (χ1v) is 6.22. The summed E-state index contributed by atoms with van der Waals surface area (Å²) in [6, 6.07) is 13.9. The number of hydrogen-bond donors (Lipinski definition) is 1. The second-order valence-corrected chi connectivity index (χ2v) is 4.63. The zero-order valence-corrected chi connectivity index (χ0v) is 10.6. The second-order valence-electron chi connectivity index (χ2n) is 4.63. The molecule has 0 spiro atoms. The van der Waals surface area contributed by atoms with Gasteiger partial charge in [-0.1, -0.05) is 36.4 Å². The first-order valence-electron chi connectivity index (χ1n) is 6.22. The molecule has 1 N–H and O–H groups in total. The van der Waals surface area contributed by atoms with Gasteiger partial charge in [-0.15, -0.1) is 0 Å². The molecule has 3 rings (SSSR count). The molecular weight excluding hydrogens is 254 g/mol. The van der Waals surface area contributed by atoms with Crippen molar-refractivity contribution >= 4 is 17.6 Å². The second kappa shape index (κ2) is 4.74. The maximum Gasteiger partial charge on any atom is 0.258 e.